The van der Waals surface area contributed by atoms with E-state index in [4.69, 9.17) is 10.8 Å². The number of carboxylic acid groups (broad SMARTS) is 2. The van der Waals surface area contributed by atoms with Crippen LogP contribution in [0.15, 0.2) is 0 Å². The highest BCUT2D eigenvalue weighted by Crippen LogP contribution is 2.08. The second-order valence-electron chi connectivity index (χ2n) is 8.07. The van der Waals surface area contributed by atoms with Crippen LogP contribution in [0.3, 0.4) is 0 Å². The van der Waals surface area contributed by atoms with Crippen LogP contribution in [0.1, 0.15) is 46.0 Å². The SMILES string of the molecule is CC(C)CC(NC(=O)C(CC(N)=O)NC(=O)C(CC(=O)O)NC(=O)C1CCCN1)C(=O)O. The first-order chi connectivity index (χ1) is 14.9. The Kier molecular flexibility index (Phi) is 10.5. The van der Waals surface area contributed by atoms with Gasteiger partial charge in [0.15, 0.2) is 0 Å². The maximum atomic E-state index is 12.7. The third-order valence-corrected chi connectivity index (χ3v) is 4.75. The molecule has 0 saturated carbocycles. The lowest BCUT2D eigenvalue weighted by molar-refractivity contribution is -0.143. The third kappa shape index (κ3) is 9.29. The van der Waals surface area contributed by atoms with Gasteiger partial charge in [0.1, 0.15) is 18.1 Å². The number of amides is 4. The normalized spacial score (nSPS) is 18.3. The summed E-state index contributed by atoms with van der Waals surface area (Å²) in [6.45, 7) is 4.11. The van der Waals surface area contributed by atoms with Crippen molar-refractivity contribution in [3.05, 3.63) is 0 Å². The molecule has 4 atom stereocenters. The fourth-order valence-electron chi connectivity index (χ4n) is 3.21. The van der Waals surface area contributed by atoms with E-state index in [2.05, 4.69) is 21.3 Å². The predicted molar refractivity (Wildman–Crippen MR) is 110 cm³/mol. The zero-order valence-corrected chi connectivity index (χ0v) is 18.1. The van der Waals surface area contributed by atoms with Crippen LogP contribution in [-0.4, -0.2) is 76.5 Å². The Balaban J connectivity index is 2.94. The Morgan fingerprint density at radius 3 is 1.94 bits per heavy atom. The lowest BCUT2D eigenvalue weighted by Crippen LogP contribution is -2.58. The van der Waals surface area contributed by atoms with E-state index in [9.17, 15) is 33.9 Å². The van der Waals surface area contributed by atoms with E-state index >= 15 is 0 Å². The summed E-state index contributed by atoms with van der Waals surface area (Å²) >= 11 is 0. The van der Waals surface area contributed by atoms with Gasteiger partial charge in [-0.05, 0) is 31.7 Å². The average Bonchev–Trinajstić information content (AvgIpc) is 3.20. The number of hydrogen-bond acceptors (Lipinski definition) is 7. The Labute approximate surface area is 184 Å². The van der Waals surface area contributed by atoms with Crippen LogP contribution in [0.25, 0.3) is 0 Å². The maximum absolute atomic E-state index is 12.7. The fourth-order valence-corrected chi connectivity index (χ4v) is 3.21. The molecular weight excluding hydrogens is 426 g/mol. The van der Waals surface area contributed by atoms with Gasteiger partial charge in [-0.2, -0.15) is 0 Å². The summed E-state index contributed by atoms with van der Waals surface area (Å²) in [7, 11) is 0. The predicted octanol–water partition coefficient (Wildman–Crippen LogP) is -2.33. The minimum atomic E-state index is -1.55. The molecule has 32 heavy (non-hydrogen) atoms. The zero-order valence-electron chi connectivity index (χ0n) is 18.1. The summed E-state index contributed by atoms with van der Waals surface area (Å²) in [6, 6.07) is -4.91. The van der Waals surface area contributed by atoms with Gasteiger partial charge >= 0.3 is 11.9 Å². The highest BCUT2D eigenvalue weighted by atomic mass is 16.4. The van der Waals surface area contributed by atoms with Crippen LogP contribution < -0.4 is 27.0 Å². The van der Waals surface area contributed by atoms with Crippen molar-refractivity contribution >= 4 is 35.6 Å². The van der Waals surface area contributed by atoms with Gasteiger partial charge in [-0.3, -0.25) is 24.0 Å². The molecule has 1 fully saturated rings. The van der Waals surface area contributed by atoms with E-state index in [-0.39, 0.29) is 12.3 Å². The topological polar surface area (TPSA) is 217 Å². The minimum Gasteiger partial charge on any atom is -0.481 e. The highest BCUT2D eigenvalue weighted by Gasteiger charge is 2.33. The number of carbonyl (C=O) groups excluding carboxylic acids is 4. The monoisotopic (exact) mass is 457 g/mol. The molecule has 13 nitrogen and oxygen atoms in total. The highest BCUT2D eigenvalue weighted by molar-refractivity contribution is 5.97. The van der Waals surface area contributed by atoms with Gasteiger partial charge < -0.3 is 37.2 Å². The summed E-state index contributed by atoms with van der Waals surface area (Å²) in [5.41, 5.74) is 5.14. The first-order valence-corrected chi connectivity index (χ1v) is 10.3. The van der Waals surface area contributed by atoms with Crippen LogP contribution in [0, 0.1) is 5.92 Å². The van der Waals surface area contributed by atoms with Gasteiger partial charge in [-0.25, -0.2) is 4.79 Å². The molecule has 1 aliphatic heterocycles. The Hall–Kier alpha value is -3.22. The molecule has 0 aromatic heterocycles. The summed E-state index contributed by atoms with van der Waals surface area (Å²) in [5, 5.41) is 28.1. The number of primary amides is 1. The number of carbonyl (C=O) groups is 6. The molecule has 1 heterocycles. The van der Waals surface area contributed by atoms with Gasteiger partial charge in [0, 0.05) is 0 Å². The van der Waals surface area contributed by atoms with E-state index in [1.165, 1.54) is 0 Å². The fraction of sp³-hybridized carbons (Fsp3) is 0.684. The Morgan fingerprint density at radius 1 is 0.938 bits per heavy atom. The molecule has 4 amide bonds. The van der Waals surface area contributed by atoms with E-state index in [1.54, 1.807) is 13.8 Å². The van der Waals surface area contributed by atoms with Crippen LogP contribution >= 0.6 is 0 Å². The van der Waals surface area contributed by atoms with Crippen molar-refractivity contribution in [3.63, 3.8) is 0 Å². The molecule has 180 valence electrons. The van der Waals surface area contributed by atoms with E-state index in [1.807, 2.05) is 0 Å². The molecule has 0 aliphatic carbocycles. The van der Waals surface area contributed by atoms with Crippen molar-refractivity contribution in [2.75, 3.05) is 6.54 Å². The number of aliphatic carboxylic acids is 2. The minimum absolute atomic E-state index is 0.0695. The second kappa shape index (κ2) is 12.6. The molecule has 1 rings (SSSR count). The number of carboxylic acids is 2. The number of rotatable bonds is 13. The summed E-state index contributed by atoms with van der Waals surface area (Å²) in [6.07, 6.45) is -0.0452. The Bertz CT molecular complexity index is 735. The van der Waals surface area contributed by atoms with Crippen LogP contribution in [0.4, 0.5) is 0 Å². The third-order valence-electron chi connectivity index (χ3n) is 4.75. The Morgan fingerprint density at radius 2 is 1.50 bits per heavy atom. The number of hydrogen-bond donors (Lipinski definition) is 7. The largest absolute Gasteiger partial charge is 0.481 e. The lowest BCUT2D eigenvalue weighted by Gasteiger charge is -2.24. The second-order valence-corrected chi connectivity index (χ2v) is 8.07. The molecular formula is C19H31N5O8. The molecule has 1 saturated heterocycles. The average molecular weight is 457 g/mol. The molecule has 13 heteroatoms. The quantitative estimate of drug-likeness (QED) is 0.158. The van der Waals surface area contributed by atoms with Crippen molar-refractivity contribution in [2.24, 2.45) is 11.7 Å². The van der Waals surface area contributed by atoms with Crippen molar-refractivity contribution < 1.29 is 39.0 Å². The van der Waals surface area contributed by atoms with E-state index < -0.39 is 72.6 Å². The van der Waals surface area contributed by atoms with Crippen molar-refractivity contribution in [3.8, 4) is 0 Å². The first-order valence-electron chi connectivity index (χ1n) is 10.3. The molecule has 8 N–H and O–H groups in total. The molecule has 0 spiro atoms. The summed E-state index contributed by atoms with van der Waals surface area (Å²) in [5.74, 6) is -6.24. The van der Waals surface area contributed by atoms with Gasteiger partial charge in [-0.15, -0.1) is 0 Å². The summed E-state index contributed by atoms with van der Waals surface area (Å²) < 4.78 is 0. The first kappa shape index (κ1) is 26.8. The van der Waals surface area contributed by atoms with E-state index in [0.29, 0.717) is 13.0 Å². The van der Waals surface area contributed by atoms with Crippen LogP contribution in [0.5, 0.6) is 0 Å². The van der Waals surface area contributed by atoms with Crippen molar-refractivity contribution in [2.45, 2.75) is 70.1 Å². The van der Waals surface area contributed by atoms with Gasteiger partial charge in [0.25, 0.3) is 0 Å². The number of nitrogens with two attached hydrogens (primary N) is 1. The molecule has 4 unspecified atom stereocenters. The maximum Gasteiger partial charge on any atom is 0.326 e. The molecule has 0 bridgehead atoms. The molecule has 0 aromatic carbocycles. The van der Waals surface area contributed by atoms with Gasteiger partial charge in [0.2, 0.25) is 23.6 Å². The number of nitrogens with one attached hydrogen (secondary N) is 4. The standard InChI is InChI=1S/C19H31N5O8/c1-9(2)6-13(19(31)32)24-17(29)11(7-14(20)25)22-18(30)12(8-15(26)27)23-16(28)10-4-3-5-21-10/h9-13,21H,3-8H2,1-2H3,(H2,20,25)(H,22,30)(H,23,28)(H,24,29)(H,26,27)(H,31,32). The molecule has 0 aromatic rings. The van der Waals surface area contributed by atoms with Gasteiger partial charge in [-0.1, -0.05) is 13.8 Å². The van der Waals surface area contributed by atoms with Crippen molar-refractivity contribution in [1.82, 2.24) is 21.3 Å². The molecule has 0 radical (unpaired) electrons. The lowest BCUT2D eigenvalue weighted by atomic mass is 10.0. The smallest absolute Gasteiger partial charge is 0.326 e. The van der Waals surface area contributed by atoms with Crippen LogP contribution in [0.2, 0.25) is 0 Å². The zero-order chi connectivity index (χ0) is 24.4. The van der Waals surface area contributed by atoms with Crippen molar-refractivity contribution in [1.29, 1.82) is 0 Å². The summed E-state index contributed by atoms with van der Waals surface area (Å²) in [4.78, 5) is 71.5. The van der Waals surface area contributed by atoms with E-state index in [0.717, 1.165) is 6.42 Å². The van der Waals surface area contributed by atoms with Gasteiger partial charge in [0.05, 0.1) is 18.9 Å². The van der Waals surface area contributed by atoms with Crippen LogP contribution in [-0.2, 0) is 28.8 Å². The molecule has 1 aliphatic rings.